The van der Waals surface area contributed by atoms with Crippen molar-refractivity contribution in [3.05, 3.63) is 15.4 Å². The Morgan fingerprint density at radius 2 is 2.28 bits per heavy atom. The summed E-state index contributed by atoms with van der Waals surface area (Å²) < 4.78 is 6.29. The van der Waals surface area contributed by atoms with Crippen molar-refractivity contribution in [2.75, 3.05) is 13.7 Å². The van der Waals surface area contributed by atoms with Crippen LogP contribution in [0.25, 0.3) is 0 Å². The summed E-state index contributed by atoms with van der Waals surface area (Å²) >= 11 is 5.15. The minimum absolute atomic E-state index is 0.301. The summed E-state index contributed by atoms with van der Waals surface area (Å²) in [5, 5.41) is 13.9. The first-order chi connectivity index (χ1) is 8.74. The Kier molecular flexibility index (Phi) is 5.48. The summed E-state index contributed by atoms with van der Waals surface area (Å²) in [5.74, 6) is 0.420. The van der Waals surface area contributed by atoms with Crippen molar-refractivity contribution in [3.63, 3.8) is 0 Å². The van der Waals surface area contributed by atoms with Gasteiger partial charge in [-0.25, -0.2) is 0 Å². The highest BCUT2D eigenvalue weighted by atomic mass is 79.9. The van der Waals surface area contributed by atoms with E-state index in [1.165, 1.54) is 24.1 Å². The standard InChI is InChI=1S/C13H20BrNO2S/c1-17-13-11(14)6-10(18-13)7-15-12-5-3-2-4-9(12)8-16/h6,9,12,15-16H,2-5,7-8H2,1H3. The summed E-state index contributed by atoms with van der Waals surface area (Å²) in [4.78, 5) is 1.26. The lowest BCUT2D eigenvalue weighted by atomic mass is 9.85. The molecule has 1 saturated carbocycles. The Morgan fingerprint density at radius 3 is 2.94 bits per heavy atom. The van der Waals surface area contributed by atoms with Gasteiger partial charge in [0.05, 0.1) is 11.6 Å². The number of aliphatic hydroxyl groups is 1. The highest BCUT2D eigenvalue weighted by Crippen LogP contribution is 2.35. The fourth-order valence-electron chi connectivity index (χ4n) is 2.55. The summed E-state index contributed by atoms with van der Waals surface area (Å²) in [6, 6.07) is 2.56. The van der Waals surface area contributed by atoms with Crippen LogP contribution in [0.4, 0.5) is 0 Å². The molecule has 0 saturated heterocycles. The lowest BCUT2D eigenvalue weighted by Gasteiger charge is -2.30. The van der Waals surface area contributed by atoms with Gasteiger partial charge in [-0.2, -0.15) is 0 Å². The van der Waals surface area contributed by atoms with Gasteiger partial charge < -0.3 is 15.2 Å². The summed E-state index contributed by atoms with van der Waals surface area (Å²) in [6.07, 6.45) is 4.84. The van der Waals surface area contributed by atoms with Crippen LogP contribution < -0.4 is 10.1 Å². The molecule has 18 heavy (non-hydrogen) atoms. The van der Waals surface area contributed by atoms with Gasteiger partial charge in [-0.3, -0.25) is 0 Å². The normalized spacial score (nSPS) is 24.2. The molecule has 1 aromatic rings. The van der Waals surface area contributed by atoms with E-state index < -0.39 is 0 Å². The molecular formula is C13H20BrNO2S. The Morgan fingerprint density at radius 1 is 1.50 bits per heavy atom. The van der Waals surface area contributed by atoms with Gasteiger partial charge in [0.1, 0.15) is 0 Å². The number of thiophene rings is 1. The van der Waals surface area contributed by atoms with Crippen LogP contribution in [-0.4, -0.2) is 24.9 Å². The summed E-state index contributed by atoms with van der Waals surface area (Å²) in [5.41, 5.74) is 0. The average molecular weight is 334 g/mol. The van der Waals surface area contributed by atoms with Crippen LogP contribution in [0, 0.1) is 5.92 Å². The molecule has 1 fully saturated rings. The second-order valence-corrected chi connectivity index (χ2v) is 6.72. The molecule has 1 heterocycles. The Hall–Kier alpha value is -0.100. The maximum Gasteiger partial charge on any atom is 0.188 e. The molecule has 2 atom stereocenters. The van der Waals surface area contributed by atoms with Crippen molar-refractivity contribution < 1.29 is 9.84 Å². The smallest absolute Gasteiger partial charge is 0.188 e. The average Bonchev–Trinajstić information content (AvgIpc) is 2.77. The molecule has 2 rings (SSSR count). The predicted molar refractivity (Wildman–Crippen MR) is 78.2 cm³/mol. The minimum atomic E-state index is 0.301. The summed E-state index contributed by atoms with van der Waals surface area (Å²) in [7, 11) is 1.69. The van der Waals surface area contributed by atoms with Crippen LogP contribution in [0.3, 0.4) is 0 Å². The SMILES string of the molecule is COc1sc(CNC2CCCCC2CO)cc1Br. The van der Waals surface area contributed by atoms with Gasteiger partial charge in [-0.05, 0) is 40.8 Å². The molecule has 0 bridgehead atoms. The number of ether oxygens (including phenoxy) is 1. The molecule has 1 aliphatic carbocycles. The number of aliphatic hydroxyl groups excluding tert-OH is 1. The van der Waals surface area contributed by atoms with E-state index >= 15 is 0 Å². The van der Waals surface area contributed by atoms with Crippen molar-refractivity contribution in [1.29, 1.82) is 0 Å². The molecular weight excluding hydrogens is 314 g/mol. The number of hydrogen-bond donors (Lipinski definition) is 2. The molecule has 0 aliphatic heterocycles. The molecule has 3 nitrogen and oxygen atoms in total. The molecule has 2 N–H and O–H groups in total. The van der Waals surface area contributed by atoms with Crippen LogP contribution in [0.2, 0.25) is 0 Å². The zero-order valence-corrected chi connectivity index (χ0v) is 13.0. The third kappa shape index (κ3) is 3.47. The van der Waals surface area contributed by atoms with E-state index in [1.807, 2.05) is 0 Å². The third-order valence-electron chi connectivity index (χ3n) is 3.57. The van der Waals surface area contributed by atoms with E-state index in [4.69, 9.17) is 4.74 Å². The quantitative estimate of drug-likeness (QED) is 0.869. The molecule has 5 heteroatoms. The number of halogens is 1. The maximum atomic E-state index is 9.38. The van der Waals surface area contributed by atoms with Crippen LogP contribution >= 0.6 is 27.3 Å². The van der Waals surface area contributed by atoms with Gasteiger partial charge >= 0.3 is 0 Å². The lowest BCUT2D eigenvalue weighted by molar-refractivity contribution is 0.152. The molecule has 0 radical (unpaired) electrons. The van der Waals surface area contributed by atoms with E-state index in [0.29, 0.717) is 18.6 Å². The molecule has 1 aliphatic rings. The van der Waals surface area contributed by atoms with Crippen molar-refractivity contribution in [1.82, 2.24) is 5.32 Å². The highest BCUT2D eigenvalue weighted by molar-refractivity contribution is 9.10. The van der Waals surface area contributed by atoms with Gasteiger partial charge in [-0.1, -0.05) is 12.8 Å². The van der Waals surface area contributed by atoms with Crippen molar-refractivity contribution >= 4 is 27.3 Å². The zero-order chi connectivity index (χ0) is 13.0. The van der Waals surface area contributed by atoms with Crippen LogP contribution in [0.15, 0.2) is 10.5 Å². The van der Waals surface area contributed by atoms with E-state index in [9.17, 15) is 5.11 Å². The number of methoxy groups -OCH3 is 1. The van der Waals surface area contributed by atoms with E-state index in [-0.39, 0.29) is 0 Å². The van der Waals surface area contributed by atoms with Crippen LogP contribution in [0.5, 0.6) is 5.06 Å². The first-order valence-corrected chi connectivity index (χ1v) is 8.02. The van der Waals surface area contributed by atoms with E-state index in [2.05, 4.69) is 27.3 Å². The minimum Gasteiger partial charge on any atom is -0.486 e. The monoisotopic (exact) mass is 333 g/mol. The number of hydrogen-bond acceptors (Lipinski definition) is 4. The molecule has 0 spiro atoms. The number of rotatable bonds is 5. The van der Waals surface area contributed by atoms with Gasteiger partial charge in [0.25, 0.3) is 0 Å². The second kappa shape index (κ2) is 6.89. The first kappa shape index (κ1) is 14.3. The zero-order valence-electron chi connectivity index (χ0n) is 10.6. The summed E-state index contributed by atoms with van der Waals surface area (Å²) in [6.45, 7) is 1.16. The Bertz CT molecular complexity index is 383. The molecule has 1 aromatic heterocycles. The maximum absolute atomic E-state index is 9.38. The van der Waals surface area contributed by atoms with Gasteiger partial charge in [-0.15, -0.1) is 11.3 Å². The Labute approximate surface area is 121 Å². The molecule has 102 valence electrons. The second-order valence-electron chi connectivity index (χ2n) is 4.77. The topological polar surface area (TPSA) is 41.5 Å². The largest absolute Gasteiger partial charge is 0.486 e. The fourth-order valence-corrected chi connectivity index (χ4v) is 4.19. The molecule has 0 amide bonds. The fraction of sp³-hybridized carbons (Fsp3) is 0.692. The van der Waals surface area contributed by atoms with Crippen LogP contribution in [0.1, 0.15) is 30.6 Å². The third-order valence-corrected chi connectivity index (χ3v) is 5.52. The predicted octanol–water partition coefficient (Wildman–Crippen LogP) is 3.16. The van der Waals surface area contributed by atoms with Crippen molar-refractivity contribution in [2.45, 2.75) is 38.3 Å². The van der Waals surface area contributed by atoms with Gasteiger partial charge in [0, 0.05) is 24.1 Å². The van der Waals surface area contributed by atoms with E-state index in [1.54, 1.807) is 18.4 Å². The first-order valence-electron chi connectivity index (χ1n) is 6.41. The van der Waals surface area contributed by atoms with E-state index in [0.717, 1.165) is 22.5 Å². The molecule has 2 unspecified atom stereocenters. The van der Waals surface area contributed by atoms with Gasteiger partial charge in [0.15, 0.2) is 5.06 Å². The Balaban J connectivity index is 1.89. The molecule has 0 aromatic carbocycles. The van der Waals surface area contributed by atoms with Gasteiger partial charge in [0.2, 0.25) is 0 Å². The lowest BCUT2D eigenvalue weighted by Crippen LogP contribution is -2.39. The highest BCUT2D eigenvalue weighted by Gasteiger charge is 2.24. The van der Waals surface area contributed by atoms with Crippen molar-refractivity contribution in [2.24, 2.45) is 5.92 Å². The number of nitrogens with one attached hydrogen (secondary N) is 1. The van der Waals surface area contributed by atoms with Crippen molar-refractivity contribution in [3.8, 4) is 5.06 Å². The van der Waals surface area contributed by atoms with Crippen LogP contribution in [-0.2, 0) is 6.54 Å².